The van der Waals surface area contributed by atoms with Crippen molar-refractivity contribution < 1.29 is 18.3 Å². The Balaban J connectivity index is 2.41. The third-order valence-electron chi connectivity index (χ3n) is 2.47. The molecule has 4 nitrogen and oxygen atoms in total. The molecule has 0 bridgehead atoms. The second-order valence-electron chi connectivity index (χ2n) is 3.67. The van der Waals surface area contributed by atoms with Crippen LogP contribution in [0, 0.1) is 0 Å². The van der Waals surface area contributed by atoms with Gasteiger partial charge in [-0.05, 0) is 24.6 Å². The Morgan fingerprint density at radius 3 is 2.56 bits per heavy atom. The first-order valence-corrected chi connectivity index (χ1v) is 6.62. The van der Waals surface area contributed by atoms with Crippen molar-refractivity contribution >= 4 is 27.4 Å². The van der Waals surface area contributed by atoms with Crippen LogP contribution in [-0.4, -0.2) is 30.1 Å². The summed E-state index contributed by atoms with van der Waals surface area (Å²) >= 11 is 5.69. The highest BCUT2D eigenvalue weighted by Crippen LogP contribution is 2.38. The Labute approximate surface area is 97.8 Å². The number of hydrogen-bond acceptors (Lipinski definition) is 3. The molecule has 0 aromatic heterocycles. The lowest BCUT2D eigenvalue weighted by atomic mass is 10.2. The maximum absolute atomic E-state index is 11.9. The number of hydrogen-bond donors (Lipinski definition) is 1. The molecular weight excluding hydrogens is 252 g/mol. The first-order valence-electron chi connectivity index (χ1n) is 4.64. The molecular formula is C10H9ClO4S. The van der Waals surface area contributed by atoms with Crippen molar-refractivity contribution in [2.75, 3.05) is 0 Å². The van der Waals surface area contributed by atoms with Crippen molar-refractivity contribution in [1.29, 1.82) is 0 Å². The first kappa shape index (κ1) is 11.4. The molecule has 2 unspecified atom stereocenters. The number of halogens is 1. The summed E-state index contributed by atoms with van der Waals surface area (Å²) in [6.07, 6.45) is 0.432. The molecule has 0 amide bonds. The van der Waals surface area contributed by atoms with Crippen LogP contribution < -0.4 is 0 Å². The van der Waals surface area contributed by atoms with Crippen molar-refractivity contribution in [3.8, 4) is 0 Å². The third kappa shape index (κ3) is 1.92. The summed E-state index contributed by atoms with van der Waals surface area (Å²) in [7, 11) is -3.47. The molecule has 1 aromatic rings. The van der Waals surface area contributed by atoms with Gasteiger partial charge in [-0.25, -0.2) is 13.2 Å². The maximum Gasteiger partial charge on any atom is 0.335 e. The van der Waals surface area contributed by atoms with Crippen LogP contribution in [-0.2, 0) is 9.84 Å². The van der Waals surface area contributed by atoms with E-state index in [2.05, 4.69) is 0 Å². The van der Waals surface area contributed by atoms with E-state index in [0.29, 0.717) is 6.42 Å². The van der Waals surface area contributed by atoms with E-state index in [1.165, 1.54) is 24.3 Å². The summed E-state index contributed by atoms with van der Waals surface area (Å²) in [5.74, 6) is -1.14. The Kier molecular flexibility index (Phi) is 2.67. The molecule has 1 aromatic carbocycles. The van der Waals surface area contributed by atoms with Gasteiger partial charge < -0.3 is 5.11 Å². The zero-order valence-corrected chi connectivity index (χ0v) is 9.70. The number of carbonyl (C=O) groups is 1. The van der Waals surface area contributed by atoms with E-state index >= 15 is 0 Å². The molecule has 1 aliphatic carbocycles. The van der Waals surface area contributed by atoms with Crippen LogP contribution in [0.4, 0.5) is 0 Å². The minimum absolute atomic E-state index is 0.0283. The average Bonchev–Trinajstić information content (AvgIpc) is 2.96. The highest BCUT2D eigenvalue weighted by atomic mass is 35.5. The Bertz CT molecular complexity index is 538. The third-order valence-corrected chi connectivity index (χ3v) is 5.33. The van der Waals surface area contributed by atoms with Crippen molar-refractivity contribution in [2.45, 2.75) is 21.9 Å². The minimum atomic E-state index is -3.47. The zero-order chi connectivity index (χ0) is 11.9. The summed E-state index contributed by atoms with van der Waals surface area (Å²) in [5.41, 5.74) is -0.0344. The smallest absolute Gasteiger partial charge is 0.335 e. The molecule has 0 radical (unpaired) electrons. The normalized spacial score (nSPS) is 24.1. The molecule has 0 spiro atoms. The van der Waals surface area contributed by atoms with Crippen LogP contribution in [0.3, 0.4) is 0 Å². The van der Waals surface area contributed by atoms with E-state index in [0.717, 1.165) is 0 Å². The van der Waals surface area contributed by atoms with E-state index in [9.17, 15) is 13.2 Å². The highest BCUT2D eigenvalue weighted by Gasteiger charge is 2.46. The van der Waals surface area contributed by atoms with Crippen molar-refractivity contribution in [3.63, 3.8) is 0 Å². The van der Waals surface area contributed by atoms with E-state index in [1.807, 2.05) is 0 Å². The quantitative estimate of drug-likeness (QED) is 0.837. The van der Waals surface area contributed by atoms with Gasteiger partial charge in [-0.15, -0.1) is 11.6 Å². The summed E-state index contributed by atoms with van der Waals surface area (Å²) in [4.78, 5) is 10.7. The number of carboxylic acids is 1. The first-order chi connectivity index (χ1) is 7.43. The van der Waals surface area contributed by atoms with Gasteiger partial charge >= 0.3 is 5.97 Å². The monoisotopic (exact) mass is 260 g/mol. The van der Waals surface area contributed by atoms with E-state index in [-0.39, 0.29) is 15.8 Å². The standard InChI is InChI=1S/C10H9ClO4S/c11-8-5-9(8)16(14,15)7-3-1-2-6(4-7)10(12)13/h1-4,8-9H,5H2,(H,12,13). The predicted molar refractivity (Wildman–Crippen MR) is 58.6 cm³/mol. The fraction of sp³-hybridized carbons (Fsp3) is 0.300. The Hall–Kier alpha value is -1.07. The summed E-state index contributed by atoms with van der Waals surface area (Å²) in [6, 6.07) is 5.33. The van der Waals surface area contributed by atoms with Crippen molar-refractivity contribution in [1.82, 2.24) is 0 Å². The molecule has 1 aliphatic rings. The summed E-state index contributed by atoms with van der Waals surface area (Å²) in [5, 5.41) is 7.84. The van der Waals surface area contributed by atoms with Gasteiger partial charge in [0.2, 0.25) is 0 Å². The predicted octanol–water partition coefficient (Wildman–Crippen LogP) is 1.54. The van der Waals surface area contributed by atoms with Gasteiger partial charge in [0.05, 0.1) is 21.1 Å². The lowest BCUT2D eigenvalue weighted by molar-refractivity contribution is 0.0696. The van der Waals surface area contributed by atoms with Crippen LogP contribution in [0.25, 0.3) is 0 Å². The number of benzene rings is 1. The second-order valence-corrected chi connectivity index (χ2v) is 6.40. The molecule has 0 aliphatic heterocycles. The molecule has 16 heavy (non-hydrogen) atoms. The molecule has 1 N–H and O–H groups in total. The number of aromatic carboxylic acids is 1. The van der Waals surface area contributed by atoms with Crippen molar-refractivity contribution in [3.05, 3.63) is 29.8 Å². The van der Waals surface area contributed by atoms with Gasteiger partial charge in [0, 0.05) is 0 Å². The van der Waals surface area contributed by atoms with Gasteiger partial charge in [-0.2, -0.15) is 0 Å². The summed E-state index contributed by atoms with van der Waals surface area (Å²) < 4.78 is 23.8. The molecule has 6 heteroatoms. The lowest BCUT2D eigenvalue weighted by Gasteiger charge is -2.03. The fourth-order valence-corrected chi connectivity index (χ4v) is 3.91. The Morgan fingerprint density at radius 2 is 2.06 bits per heavy atom. The molecule has 0 saturated heterocycles. The molecule has 2 rings (SSSR count). The largest absolute Gasteiger partial charge is 0.478 e. The van der Waals surface area contributed by atoms with Crippen LogP contribution in [0.15, 0.2) is 29.2 Å². The maximum atomic E-state index is 11.9. The van der Waals surface area contributed by atoms with Crippen molar-refractivity contribution in [2.24, 2.45) is 0 Å². The van der Waals surface area contributed by atoms with Gasteiger partial charge in [0.15, 0.2) is 9.84 Å². The number of sulfone groups is 1. The number of alkyl halides is 1. The second kappa shape index (κ2) is 3.75. The van der Waals surface area contributed by atoms with Gasteiger partial charge in [-0.3, -0.25) is 0 Å². The lowest BCUT2D eigenvalue weighted by Crippen LogP contribution is -2.10. The van der Waals surface area contributed by atoms with Crippen LogP contribution in [0.1, 0.15) is 16.8 Å². The molecule has 1 saturated carbocycles. The van der Waals surface area contributed by atoms with Crippen LogP contribution in [0.2, 0.25) is 0 Å². The zero-order valence-electron chi connectivity index (χ0n) is 8.13. The SMILES string of the molecule is O=C(O)c1cccc(S(=O)(=O)C2CC2Cl)c1. The van der Waals surface area contributed by atoms with Gasteiger partial charge in [0.1, 0.15) is 0 Å². The summed E-state index contributed by atoms with van der Waals surface area (Å²) in [6.45, 7) is 0. The van der Waals surface area contributed by atoms with Gasteiger partial charge in [0.25, 0.3) is 0 Å². The van der Waals surface area contributed by atoms with Crippen LogP contribution >= 0.6 is 11.6 Å². The highest BCUT2D eigenvalue weighted by molar-refractivity contribution is 7.92. The van der Waals surface area contributed by atoms with E-state index in [1.54, 1.807) is 0 Å². The number of carboxylic acid groups (broad SMARTS) is 1. The number of rotatable bonds is 3. The molecule has 2 atom stereocenters. The van der Waals surface area contributed by atoms with Gasteiger partial charge in [-0.1, -0.05) is 6.07 Å². The minimum Gasteiger partial charge on any atom is -0.478 e. The molecule has 0 heterocycles. The van der Waals surface area contributed by atoms with E-state index < -0.39 is 21.1 Å². The fourth-order valence-electron chi connectivity index (χ4n) is 1.45. The topological polar surface area (TPSA) is 71.4 Å². The van der Waals surface area contributed by atoms with E-state index in [4.69, 9.17) is 16.7 Å². The average molecular weight is 261 g/mol. The Morgan fingerprint density at radius 1 is 1.44 bits per heavy atom. The molecule has 1 fully saturated rings. The van der Waals surface area contributed by atoms with Crippen LogP contribution in [0.5, 0.6) is 0 Å². The molecule has 86 valence electrons.